The lowest BCUT2D eigenvalue weighted by Gasteiger charge is -2.33. The van der Waals surface area contributed by atoms with Gasteiger partial charge in [-0.3, -0.25) is 19.7 Å². The van der Waals surface area contributed by atoms with E-state index >= 15 is 0 Å². The number of amides is 1. The van der Waals surface area contributed by atoms with Crippen molar-refractivity contribution in [3.8, 4) is 0 Å². The second-order valence-electron chi connectivity index (χ2n) is 9.10. The summed E-state index contributed by atoms with van der Waals surface area (Å²) < 4.78 is 3.38. The Bertz CT molecular complexity index is 1230. The van der Waals surface area contributed by atoms with Crippen LogP contribution in [0.4, 0.5) is 0 Å². The molecule has 0 fully saturated rings. The van der Waals surface area contributed by atoms with Crippen molar-refractivity contribution >= 4 is 43.4 Å². The maximum atomic E-state index is 13.4. The van der Waals surface area contributed by atoms with Crippen LogP contribution in [0, 0.1) is 25.2 Å². The second kappa shape index (κ2) is 7.30. The smallest absolute Gasteiger partial charge is 0.267 e. The standard InChI is InChI=1S/C21H26BrN5O2S/c1-10-16(22)17(26(6)24-10)18(28)25-27-11(2)23-19-15(20(27)29)13-8-7-12(21(3,4)5)9-14(13)30-19/h12H,7-9H2,1-6H3,(H,25,28)/t12-/m0/s1. The predicted octanol–water partition coefficient (Wildman–Crippen LogP) is 4.11. The van der Waals surface area contributed by atoms with E-state index in [0.717, 1.165) is 29.7 Å². The minimum atomic E-state index is -0.409. The first-order chi connectivity index (χ1) is 14.0. The highest BCUT2D eigenvalue weighted by Gasteiger charge is 2.32. The zero-order valence-electron chi connectivity index (χ0n) is 18.1. The Balaban J connectivity index is 1.76. The van der Waals surface area contributed by atoms with Crippen LogP contribution < -0.4 is 11.0 Å². The number of nitrogens with zero attached hydrogens (tertiary/aromatic N) is 4. The molecule has 1 aliphatic rings. The van der Waals surface area contributed by atoms with Crippen LogP contribution in [-0.2, 0) is 19.9 Å². The van der Waals surface area contributed by atoms with Crippen molar-refractivity contribution in [3.05, 3.63) is 42.5 Å². The molecule has 0 bridgehead atoms. The Morgan fingerprint density at radius 2 is 2.00 bits per heavy atom. The highest BCUT2D eigenvalue weighted by molar-refractivity contribution is 9.10. The van der Waals surface area contributed by atoms with Gasteiger partial charge in [-0.2, -0.15) is 5.10 Å². The van der Waals surface area contributed by atoms with E-state index in [0.29, 0.717) is 33.0 Å². The van der Waals surface area contributed by atoms with Crippen molar-refractivity contribution in [2.75, 3.05) is 5.43 Å². The van der Waals surface area contributed by atoms with Gasteiger partial charge in [0, 0.05) is 11.9 Å². The molecule has 9 heteroatoms. The minimum Gasteiger partial charge on any atom is -0.267 e. The van der Waals surface area contributed by atoms with E-state index < -0.39 is 5.91 Å². The van der Waals surface area contributed by atoms with Gasteiger partial charge in [0.25, 0.3) is 11.5 Å². The van der Waals surface area contributed by atoms with Crippen LogP contribution in [0.2, 0.25) is 0 Å². The number of rotatable bonds is 2. The summed E-state index contributed by atoms with van der Waals surface area (Å²) in [7, 11) is 1.70. The maximum Gasteiger partial charge on any atom is 0.289 e. The molecule has 7 nitrogen and oxygen atoms in total. The molecular weight excluding hydrogens is 466 g/mol. The van der Waals surface area contributed by atoms with Crippen LogP contribution in [0.1, 0.15) is 59.6 Å². The van der Waals surface area contributed by atoms with Crippen LogP contribution in [-0.4, -0.2) is 25.3 Å². The number of aromatic nitrogens is 4. The number of carbonyl (C=O) groups is 1. The summed E-state index contributed by atoms with van der Waals surface area (Å²) in [6.07, 6.45) is 2.91. The van der Waals surface area contributed by atoms with Crippen molar-refractivity contribution in [1.82, 2.24) is 19.4 Å². The van der Waals surface area contributed by atoms with Gasteiger partial charge in [-0.1, -0.05) is 20.8 Å². The highest BCUT2D eigenvalue weighted by atomic mass is 79.9. The fraction of sp³-hybridized carbons (Fsp3) is 0.524. The molecule has 1 atom stereocenters. The fourth-order valence-corrected chi connectivity index (χ4v) is 6.08. The Morgan fingerprint density at radius 3 is 2.60 bits per heavy atom. The fourth-order valence-electron chi connectivity index (χ4n) is 4.23. The van der Waals surface area contributed by atoms with E-state index in [2.05, 4.69) is 52.2 Å². The normalized spacial score (nSPS) is 16.7. The third-order valence-electron chi connectivity index (χ3n) is 6.05. The molecule has 0 aromatic carbocycles. The first-order valence-electron chi connectivity index (χ1n) is 10.0. The largest absolute Gasteiger partial charge is 0.289 e. The molecule has 0 spiro atoms. The lowest BCUT2D eigenvalue weighted by molar-refractivity contribution is 0.0996. The predicted molar refractivity (Wildman–Crippen MR) is 123 cm³/mol. The summed E-state index contributed by atoms with van der Waals surface area (Å²) in [5, 5.41) is 4.90. The molecule has 3 heterocycles. The Kier molecular flexibility index (Phi) is 5.17. The van der Waals surface area contributed by atoms with Gasteiger partial charge in [-0.25, -0.2) is 9.66 Å². The molecular formula is C21H26BrN5O2S. The third kappa shape index (κ3) is 3.41. The Morgan fingerprint density at radius 1 is 1.30 bits per heavy atom. The van der Waals surface area contributed by atoms with Crippen molar-refractivity contribution < 1.29 is 4.79 Å². The van der Waals surface area contributed by atoms with E-state index in [-0.39, 0.29) is 11.0 Å². The van der Waals surface area contributed by atoms with Crippen LogP contribution in [0.5, 0.6) is 0 Å². The van der Waals surface area contributed by atoms with E-state index in [4.69, 9.17) is 0 Å². The lowest BCUT2D eigenvalue weighted by Crippen LogP contribution is -2.36. The van der Waals surface area contributed by atoms with Crippen molar-refractivity contribution in [2.45, 2.75) is 53.9 Å². The molecule has 3 aromatic heterocycles. The number of thiophene rings is 1. The lowest BCUT2D eigenvalue weighted by atomic mass is 9.72. The average molecular weight is 492 g/mol. The molecule has 0 radical (unpaired) electrons. The van der Waals surface area contributed by atoms with E-state index in [9.17, 15) is 9.59 Å². The molecule has 0 saturated carbocycles. The topological polar surface area (TPSA) is 81.8 Å². The molecule has 1 N–H and O–H groups in total. The summed E-state index contributed by atoms with van der Waals surface area (Å²) in [5.41, 5.74) is 4.92. The first kappa shape index (κ1) is 21.2. The molecule has 4 rings (SSSR count). The monoisotopic (exact) mass is 491 g/mol. The van der Waals surface area contributed by atoms with Gasteiger partial charge in [0.2, 0.25) is 0 Å². The van der Waals surface area contributed by atoms with Gasteiger partial charge >= 0.3 is 0 Å². The second-order valence-corrected chi connectivity index (χ2v) is 11.0. The van der Waals surface area contributed by atoms with Crippen LogP contribution >= 0.6 is 27.3 Å². The quantitative estimate of drug-likeness (QED) is 0.584. The average Bonchev–Trinajstić information content (AvgIpc) is 3.13. The number of nitrogens with one attached hydrogen (secondary N) is 1. The van der Waals surface area contributed by atoms with Crippen molar-refractivity contribution in [1.29, 1.82) is 0 Å². The van der Waals surface area contributed by atoms with Gasteiger partial charge in [-0.05, 0) is 65.9 Å². The van der Waals surface area contributed by atoms with Gasteiger partial charge in [0.1, 0.15) is 16.3 Å². The molecule has 1 amide bonds. The van der Waals surface area contributed by atoms with Gasteiger partial charge in [0.15, 0.2) is 0 Å². The highest BCUT2D eigenvalue weighted by Crippen LogP contribution is 2.42. The molecule has 0 aliphatic heterocycles. The van der Waals surface area contributed by atoms with Gasteiger partial charge in [-0.15, -0.1) is 11.3 Å². The van der Waals surface area contributed by atoms with Crippen LogP contribution in [0.25, 0.3) is 10.2 Å². The van der Waals surface area contributed by atoms with Crippen molar-refractivity contribution in [2.24, 2.45) is 18.4 Å². The number of fused-ring (bicyclic) bond motifs is 3. The van der Waals surface area contributed by atoms with E-state index in [1.54, 1.807) is 25.3 Å². The molecule has 30 heavy (non-hydrogen) atoms. The number of carbonyl (C=O) groups excluding carboxylic acids is 1. The SMILES string of the molecule is Cc1nn(C)c(C(=O)Nn2c(C)nc3sc4c(c3c2=O)CC[C@H](C(C)(C)C)C4)c1Br. The summed E-state index contributed by atoms with van der Waals surface area (Å²) >= 11 is 5.03. The summed E-state index contributed by atoms with van der Waals surface area (Å²) in [5.74, 6) is 0.640. The number of hydrogen-bond donors (Lipinski definition) is 1. The third-order valence-corrected chi connectivity index (χ3v) is 8.15. The van der Waals surface area contributed by atoms with E-state index in [1.165, 1.54) is 14.2 Å². The molecule has 160 valence electrons. The maximum absolute atomic E-state index is 13.4. The summed E-state index contributed by atoms with van der Waals surface area (Å²) in [6, 6.07) is 0. The molecule has 1 aliphatic carbocycles. The molecule has 0 unspecified atom stereocenters. The zero-order valence-corrected chi connectivity index (χ0v) is 20.5. The summed E-state index contributed by atoms with van der Waals surface area (Å²) in [4.78, 5) is 33.0. The molecule has 3 aromatic rings. The Labute approximate surface area is 187 Å². The first-order valence-corrected chi connectivity index (χ1v) is 11.6. The van der Waals surface area contributed by atoms with Crippen LogP contribution in [0.15, 0.2) is 9.27 Å². The zero-order chi connectivity index (χ0) is 22.0. The van der Waals surface area contributed by atoms with Gasteiger partial charge in [0.05, 0.1) is 15.6 Å². The number of halogens is 1. The molecule has 0 saturated heterocycles. The van der Waals surface area contributed by atoms with E-state index in [1.807, 2.05) is 6.92 Å². The minimum absolute atomic E-state index is 0.215. The van der Waals surface area contributed by atoms with Crippen LogP contribution in [0.3, 0.4) is 0 Å². The Hall–Kier alpha value is -2.00. The summed E-state index contributed by atoms with van der Waals surface area (Å²) in [6.45, 7) is 10.4. The number of hydrogen-bond acceptors (Lipinski definition) is 5. The number of aryl methyl sites for hydroxylation is 4. The van der Waals surface area contributed by atoms with Crippen molar-refractivity contribution in [3.63, 3.8) is 0 Å². The van der Waals surface area contributed by atoms with Gasteiger partial charge < -0.3 is 0 Å².